The van der Waals surface area contributed by atoms with Gasteiger partial charge in [0.1, 0.15) is 0 Å². The van der Waals surface area contributed by atoms with Gasteiger partial charge in [-0.05, 0) is 98.0 Å². The fourth-order valence-electron chi connectivity index (χ4n) is 10.3. The summed E-state index contributed by atoms with van der Waals surface area (Å²) in [7, 11) is 0. The molecule has 6 heterocycles. The Labute approximate surface area is 453 Å². The van der Waals surface area contributed by atoms with Crippen LogP contribution in [0.1, 0.15) is 249 Å². The summed E-state index contributed by atoms with van der Waals surface area (Å²) < 4.78 is 0. The van der Waals surface area contributed by atoms with Gasteiger partial charge >= 0.3 is 0 Å². The quantitative estimate of drug-likeness (QED) is 0.0335. The molecule has 0 fully saturated rings. The molecule has 0 aliphatic heterocycles. The van der Waals surface area contributed by atoms with Crippen LogP contribution in [0.2, 0.25) is 0 Å². The van der Waals surface area contributed by atoms with Crippen molar-refractivity contribution < 1.29 is 0 Å². The molecule has 6 heteroatoms. The smallest absolute Gasteiger partial charge is 0.0449 e. The summed E-state index contributed by atoms with van der Waals surface area (Å²) in [5.74, 6) is 0.841. The Hall–Kier alpha value is -1.80. The second-order valence-corrected chi connectivity index (χ2v) is 27.5. The van der Waals surface area contributed by atoms with Crippen molar-refractivity contribution in [2.45, 2.75) is 252 Å². The van der Waals surface area contributed by atoms with Gasteiger partial charge in [-0.3, -0.25) is 0 Å². The van der Waals surface area contributed by atoms with Crippen LogP contribution in [0.15, 0.2) is 72.8 Å². The van der Waals surface area contributed by atoms with Crippen LogP contribution < -0.4 is 0 Å². The number of rotatable bonds is 42. The molecule has 1 atom stereocenters. The van der Waals surface area contributed by atoms with E-state index >= 15 is 0 Å². The summed E-state index contributed by atoms with van der Waals surface area (Å²) in [6, 6.07) is 28.5. The summed E-state index contributed by atoms with van der Waals surface area (Å²) in [5, 5.41) is 0. The molecule has 6 rings (SSSR count). The molecule has 0 nitrogen and oxygen atoms in total. The van der Waals surface area contributed by atoms with Crippen LogP contribution in [0.4, 0.5) is 0 Å². The van der Waals surface area contributed by atoms with Crippen LogP contribution in [0.5, 0.6) is 0 Å². The summed E-state index contributed by atoms with van der Waals surface area (Å²) in [4.78, 5) is 17.2. The number of hydrogen-bond donors (Lipinski definition) is 0. The van der Waals surface area contributed by atoms with Crippen LogP contribution in [-0.2, 0) is 12.8 Å². The highest BCUT2D eigenvalue weighted by atomic mass is 32.1. The summed E-state index contributed by atoms with van der Waals surface area (Å²) >= 11 is 11.9. The minimum Gasteiger partial charge on any atom is -0.139 e. The molecule has 0 aliphatic rings. The normalized spacial score (nSPS) is 12.2. The van der Waals surface area contributed by atoms with Crippen LogP contribution in [0.3, 0.4) is 0 Å². The molecule has 0 radical (unpaired) electrons. The molecule has 386 valence electrons. The first-order chi connectivity index (χ1) is 34.6. The van der Waals surface area contributed by atoms with Gasteiger partial charge < -0.3 is 0 Å². The lowest BCUT2D eigenvalue weighted by atomic mass is 9.91. The summed E-state index contributed by atoms with van der Waals surface area (Å²) in [6.07, 6.45) is 51.0. The van der Waals surface area contributed by atoms with E-state index < -0.39 is 0 Å². The first kappa shape index (κ1) is 57.5. The van der Waals surface area contributed by atoms with Gasteiger partial charge in [0.25, 0.3) is 0 Å². The van der Waals surface area contributed by atoms with E-state index in [4.69, 9.17) is 0 Å². The zero-order valence-electron chi connectivity index (χ0n) is 44.4. The minimum atomic E-state index is 0.841. The van der Waals surface area contributed by atoms with Gasteiger partial charge in [-0.1, -0.05) is 233 Å². The molecule has 0 aromatic carbocycles. The lowest BCUT2D eigenvalue weighted by molar-refractivity contribution is 0.402. The van der Waals surface area contributed by atoms with Crippen molar-refractivity contribution in [3.8, 4) is 48.8 Å². The van der Waals surface area contributed by atoms with Crippen molar-refractivity contribution in [3.05, 3.63) is 82.6 Å². The van der Waals surface area contributed by atoms with Gasteiger partial charge in [0.15, 0.2) is 0 Å². The molecule has 0 saturated carbocycles. The van der Waals surface area contributed by atoms with E-state index in [0.29, 0.717) is 0 Å². The average molecular weight is 1060 g/mol. The largest absolute Gasteiger partial charge is 0.139 e. The average Bonchev–Trinajstić information content (AvgIpc) is 4.24. The minimum absolute atomic E-state index is 0.841. The van der Waals surface area contributed by atoms with Crippen molar-refractivity contribution >= 4 is 68.0 Å². The third-order valence-corrected chi connectivity index (χ3v) is 22.2. The third-order valence-electron chi connectivity index (χ3n) is 14.7. The summed E-state index contributed by atoms with van der Waals surface area (Å²) in [6.45, 7) is 6.96. The predicted molar refractivity (Wildman–Crippen MR) is 326 cm³/mol. The molecule has 70 heavy (non-hydrogen) atoms. The van der Waals surface area contributed by atoms with Gasteiger partial charge in [0.2, 0.25) is 0 Å². The van der Waals surface area contributed by atoms with Gasteiger partial charge in [0, 0.05) is 58.5 Å². The van der Waals surface area contributed by atoms with E-state index in [9.17, 15) is 0 Å². The van der Waals surface area contributed by atoms with Gasteiger partial charge in [-0.25, -0.2) is 0 Å². The Bertz CT molecular complexity index is 2180. The fraction of sp³-hybridized carbons (Fsp3) is 0.625. The van der Waals surface area contributed by atoms with Crippen molar-refractivity contribution in [1.29, 1.82) is 0 Å². The second-order valence-electron chi connectivity index (χ2n) is 20.8. The Balaban J connectivity index is 0.888. The molecule has 6 aromatic rings. The summed E-state index contributed by atoms with van der Waals surface area (Å²) in [5.41, 5.74) is 0. The maximum Gasteiger partial charge on any atom is 0.0449 e. The number of hydrogen-bond acceptors (Lipinski definition) is 6. The maximum absolute atomic E-state index is 2.46. The number of unbranched alkanes of at least 4 members (excludes halogenated alkanes) is 29. The van der Waals surface area contributed by atoms with Crippen LogP contribution in [0.25, 0.3) is 48.8 Å². The highest BCUT2D eigenvalue weighted by Crippen LogP contribution is 2.46. The zero-order chi connectivity index (χ0) is 48.7. The Kier molecular flexibility index (Phi) is 29.1. The fourth-order valence-corrected chi connectivity index (χ4v) is 16.9. The molecule has 0 spiro atoms. The maximum atomic E-state index is 2.46. The molecule has 0 amide bonds. The number of thiophene rings is 6. The SMILES string of the molecule is CCCCCCCCCCCCCCCCCCCCc1ccc(-c2ccc(-c3ccc(-c4ccc(-c5ccc(-c6ccc(CC(CCCCCCCC)CCCCCCCCCC)s6)s5)s4)s3)s2)s1. The van der Waals surface area contributed by atoms with E-state index in [-0.39, 0.29) is 0 Å². The van der Waals surface area contributed by atoms with Crippen LogP contribution in [0, 0.1) is 5.92 Å². The van der Waals surface area contributed by atoms with Gasteiger partial charge in [0.05, 0.1) is 0 Å². The number of aryl methyl sites for hydroxylation is 1. The molecular weight excluding hydrogens is 961 g/mol. The van der Waals surface area contributed by atoms with E-state index in [1.807, 2.05) is 56.7 Å². The molecule has 0 saturated heterocycles. The second kappa shape index (κ2) is 35.4. The Morgan fingerprint density at radius 2 is 0.471 bits per heavy atom. The monoisotopic (exact) mass is 1050 g/mol. The van der Waals surface area contributed by atoms with Gasteiger partial charge in [-0.2, -0.15) is 0 Å². The van der Waals surface area contributed by atoms with E-state index in [2.05, 4.69) is 105 Å². The van der Waals surface area contributed by atoms with Crippen molar-refractivity contribution in [2.24, 2.45) is 5.92 Å². The van der Waals surface area contributed by atoms with Crippen molar-refractivity contribution in [2.75, 3.05) is 0 Å². The van der Waals surface area contributed by atoms with Crippen molar-refractivity contribution in [1.82, 2.24) is 0 Å². The Morgan fingerprint density at radius 3 is 0.786 bits per heavy atom. The lowest BCUT2D eigenvalue weighted by Gasteiger charge is -2.16. The predicted octanol–water partition coefficient (Wildman–Crippen LogP) is 25.4. The van der Waals surface area contributed by atoms with Gasteiger partial charge in [-0.15, -0.1) is 68.0 Å². The standard InChI is InChI=1S/C64H94S6/c1-4-7-10-13-16-18-19-20-21-22-23-24-25-26-27-29-32-35-38-53-39-41-55(65-53)57-43-45-59(67-57)61-47-49-63(69-61)64-50-48-62(70-64)60-46-44-58(68-60)56-42-40-54(66-56)51-52(36-33-30-15-12-9-6-3)37-34-31-28-17-14-11-8-5-2/h39-50,52H,4-38,51H2,1-3H3. The first-order valence-corrected chi connectivity index (χ1v) is 34.1. The van der Waals surface area contributed by atoms with E-state index in [1.54, 1.807) is 9.75 Å². The highest BCUT2D eigenvalue weighted by Gasteiger charge is 2.16. The van der Waals surface area contributed by atoms with Crippen LogP contribution in [-0.4, -0.2) is 0 Å². The zero-order valence-corrected chi connectivity index (χ0v) is 49.3. The third kappa shape index (κ3) is 21.6. The molecule has 1 unspecified atom stereocenters. The first-order valence-electron chi connectivity index (χ1n) is 29.2. The molecular formula is C64H94S6. The highest BCUT2D eigenvalue weighted by molar-refractivity contribution is 7.30. The van der Waals surface area contributed by atoms with Crippen LogP contribution >= 0.6 is 68.0 Å². The lowest BCUT2D eigenvalue weighted by Crippen LogP contribution is -2.04. The topological polar surface area (TPSA) is 0 Å². The Morgan fingerprint density at radius 1 is 0.243 bits per heavy atom. The van der Waals surface area contributed by atoms with Crippen molar-refractivity contribution in [3.63, 3.8) is 0 Å². The molecule has 6 aromatic heterocycles. The molecule has 0 bridgehead atoms. The van der Waals surface area contributed by atoms with E-state index in [0.717, 1.165) is 5.92 Å². The molecule has 0 N–H and O–H groups in total. The van der Waals surface area contributed by atoms with E-state index in [1.165, 1.54) is 280 Å². The molecule has 0 aliphatic carbocycles.